The van der Waals surface area contributed by atoms with Crippen molar-refractivity contribution in [1.82, 2.24) is 5.32 Å². The molecule has 30 heavy (non-hydrogen) atoms. The number of anilines is 1. The Balaban J connectivity index is 2.37. The van der Waals surface area contributed by atoms with Crippen molar-refractivity contribution < 1.29 is 22.7 Å². The van der Waals surface area contributed by atoms with Gasteiger partial charge in [0.25, 0.3) is 0 Å². The first-order valence-electron chi connectivity index (χ1n) is 9.70. The molecule has 2 aromatic rings. The van der Waals surface area contributed by atoms with Gasteiger partial charge >= 0.3 is 0 Å². The van der Waals surface area contributed by atoms with Crippen molar-refractivity contribution in [1.29, 1.82) is 0 Å². The number of hydrogen-bond acceptors (Lipinski definition) is 5. The molecule has 2 aromatic carbocycles. The fourth-order valence-corrected chi connectivity index (χ4v) is 4.59. The van der Waals surface area contributed by atoms with Crippen LogP contribution in [0.3, 0.4) is 0 Å². The number of carbonyl (C=O) groups is 1. The zero-order chi connectivity index (χ0) is 22.5. The Morgan fingerprint density at radius 3 is 2.37 bits per heavy atom. The molecule has 0 bridgehead atoms. The normalized spacial score (nSPS) is 13.3. The lowest BCUT2D eigenvalue weighted by atomic mass is 10.1. The average Bonchev–Trinajstić information content (AvgIpc) is 2.70. The van der Waals surface area contributed by atoms with E-state index in [4.69, 9.17) is 9.47 Å². The second-order valence-corrected chi connectivity index (χ2v) is 9.02. The monoisotopic (exact) mass is 434 g/mol. The first kappa shape index (κ1) is 23.5. The number of hydrogen-bond donors (Lipinski definition) is 1. The lowest BCUT2D eigenvalue weighted by Crippen LogP contribution is -2.49. The Bertz CT molecular complexity index is 991. The number of rotatable bonds is 9. The molecule has 0 aliphatic rings. The highest BCUT2D eigenvalue weighted by Gasteiger charge is 2.32. The second kappa shape index (κ2) is 9.84. The van der Waals surface area contributed by atoms with Crippen LogP contribution in [0.15, 0.2) is 42.5 Å². The van der Waals surface area contributed by atoms with E-state index in [2.05, 4.69) is 5.32 Å². The Hall–Kier alpha value is -2.74. The predicted octanol–water partition coefficient (Wildman–Crippen LogP) is 3.43. The maximum Gasteiger partial charge on any atom is 0.244 e. The van der Waals surface area contributed by atoms with Crippen LogP contribution in [0.4, 0.5) is 5.69 Å². The van der Waals surface area contributed by atoms with Gasteiger partial charge in [0.1, 0.15) is 17.5 Å². The smallest absolute Gasteiger partial charge is 0.244 e. The number of nitrogens with zero attached hydrogens (tertiary/aromatic N) is 1. The van der Waals surface area contributed by atoms with Crippen LogP contribution in [0, 0.1) is 6.92 Å². The van der Waals surface area contributed by atoms with Crippen LogP contribution in [-0.4, -0.2) is 40.8 Å². The number of sulfonamides is 1. The van der Waals surface area contributed by atoms with E-state index in [-0.39, 0.29) is 5.91 Å². The van der Waals surface area contributed by atoms with Crippen molar-refractivity contribution in [3.63, 3.8) is 0 Å². The number of carbonyl (C=O) groups excluding carboxylic acids is 1. The zero-order valence-electron chi connectivity index (χ0n) is 18.3. The average molecular weight is 435 g/mol. The van der Waals surface area contributed by atoms with Gasteiger partial charge in [-0.25, -0.2) is 8.42 Å². The van der Waals surface area contributed by atoms with Gasteiger partial charge in [0.15, 0.2) is 0 Å². The minimum atomic E-state index is -3.69. The molecule has 7 nitrogen and oxygen atoms in total. The van der Waals surface area contributed by atoms with Crippen LogP contribution in [-0.2, 0) is 14.8 Å². The lowest BCUT2D eigenvalue weighted by molar-refractivity contribution is -0.122. The number of aryl methyl sites for hydroxylation is 1. The third-order valence-corrected chi connectivity index (χ3v) is 6.03. The molecule has 2 unspecified atom stereocenters. The minimum Gasteiger partial charge on any atom is -0.497 e. The molecule has 2 rings (SSSR count). The standard InChI is InChI=1S/C22H30N2O5S/c1-7-20(24(30(6,26)27)17-10-8-9-15(2)13-17)22(25)23-16(3)19-14-18(28-4)11-12-21(19)29-5/h8-14,16,20H,7H2,1-6H3,(H,23,25). The summed E-state index contributed by atoms with van der Waals surface area (Å²) in [6.45, 7) is 5.48. The fourth-order valence-electron chi connectivity index (χ4n) is 3.39. The fraction of sp³-hybridized carbons (Fsp3) is 0.409. The second-order valence-electron chi connectivity index (χ2n) is 7.16. The Morgan fingerprint density at radius 1 is 1.13 bits per heavy atom. The van der Waals surface area contributed by atoms with Gasteiger partial charge in [-0.2, -0.15) is 0 Å². The molecule has 0 aliphatic carbocycles. The van der Waals surface area contributed by atoms with E-state index >= 15 is 0 Å². The molecule has 0 heterocycles. The molecule has 1 N–H and O–H groups in total. The van der Waals surface area contributed by atoms with Crippen molar-refractivity contribution in [3.8, 4) is 11.5 Å². The third-order valence-electron chi connectivity index (χ3n) is 4.85. The van der Waals surface area contributed by atoms with Crippen molar-refractivity contribution >= 4 is 21.6 Å². The van der Waals surface area contributed by atoms with E-state index in [1.165, 1.54) is 4.31 Å². The maximum absolute atomic E-state index is 13.2. The summed E-state index contributed by atoms with van der Waals surface area (Å²) in [5.74, 6) is 0.855. The zero-order valence-corrected chi connectivity index (χ0v) is 19.1. The molecule has 0 aliphatic heterocycles. The molecule has 0 saturated heterocycles. The van der Waals surface area contributed by atoms with Gasteiger partial charge in [-0.3, -0.25) is 9.10 Å². The molecular formula is C22H30N2O5S. The Labute approximate surface area is 179 Å². The molecular weight excluding hydrogens is 404 g/mol. The number of benzene rings is 2. The van der Waals surface area contributed by atoms with Gasteiger partial charge in [-0.15, -0.1) is 0 Å². The minimum absolute atomic E-state index is 0.314. The number of amides is 1. The van der Waals surface area contributed by atoms with Crippen molar-refractivity contribution in [2.75, 3.05) is 24.8 Å². The van der Waals surface area contributed by atoms with Crippen molar-refractivity contribution in [3.05, 3.63) is 53.6 Å². The summed E-state index contributed by atoms with van der Waals surface area (Å²) < 4.78 is 37.1. The first-order valence-corrected chi connectivity index (χ1v) is 11.6. The summed E-state index contributed by atoms with van der Waals surface area (Å²) in [6, 6.07) is 11.1. The van der Waals surface area contributed by atoms with E-state index in [9.17, 15) is 13.2 Å². The largest absolute Gasteiger partial charge is 0.497 e. The van der Waals surface area contributed by atoms with Crippen molar-refractivity contribution in [2.45, 2.75) is 39.3 Å². The number of methoxy groups -OCH3 is 2. The van der Waals surface area contributed by atoms with E-state index in [0.717, 1.165) is 17.4 Å². The molecule has 0 fully saturated rings. The molecule has 2 atom stereocenters. The summed E-state index contributed by atoms with van der Waals surface area (Å²) in [6.07, 6.45) is 1.43. The van der Waals surface area contributed by atoms with E-state index in [0.29, 0.717) is 23.6 Å². The van der Waals surface area contributed by atoms with Crippen LogP contribution < -0.4 is 19.1 Å². The van der Waals surface area contributed by atoms with Gasteiger partial charge in [-0.1, -0.05) is 19.1 Å². The van der Waals surface area contributed by atoms with E-state index < -0.39 is 22.1 Å². The molecule has 0 aromatic heterocycles. The van der Waals surface area contributed by atoms with Crippen LogP contribution in [0.25, 0.3) is 0 Å². The maximum atomic E-state index is 13.2. The molecule has 8 heteroatoms. The highest BCUT2D eigenvalue weighted by molar-refractivity contribution is 7.92. The summed E-state index contributed by atoms with van der Waals surface area (Å²) in [5, 5.41) is 2.93. The first-order chi connectivity index (χ1) is 14.1. The van der Waals surface area contributed by atoms with Crippen LogP contribution >= 0.6 is 0 Å². The van der Waals surface area contributed by atoms with Gasteiger partial charge in [0.2, 0.25) is 15.9 Å². The Kier molecular flexibility index (Phi) is 7.72. The summed E-state index contributed by atoms with van der Waals surface area (Å²) >= 11 is 0. The van der Waals surface area contributed by atoms with Gasteiger partial charge in [-0.05, 0) is 56.2 Å². The highest BCUT2D eigenvalue weighted by Crippen LogP contribution is 2.30. The number of ether oxygens (including phenoxy) is 2. The van der Waals surface area contributed by atoms with Crippen LogP contribution in [0.5, 0.6) is 11.5 Å². The molecule has 1 amide bonds. The summed E-state index contributed by atoms with van der Waals surface area (Å²) in [7, 11) is -0.571. The topological polar surface area (TPSA) is 84.9 Å². The quantitative estimate of drug-likeness (QED) is 0.654. The summed E-state index contributed by atoms with van der Waals surface area (Å²) in [4.78, 5) is 13.2. The third kappa shape index (κ3) is 5.44. The molecule has 0 spiro atoms. The van der Waals surface area contributed by atoms with Crippen LogP contribution in [0.1, 0.15) is 37.4 Å². The van der Waals surface area contributed by atoms with Gasteiger partial charge in [0, 0.05) is 5.56 Å². The summed E-state index contributed by atoms with van der Waals surface area (Å²) in [5.41, 5.74) is 2.11. The highest BCUT2D eigenvalue weighted by atomic mass is 32.2. The lowest BCUT2D eigenvalue weighted by Gasteiger charge is -2.31. The molecule has 0 saturated carbocycles. The number of nitrogens with one attached hydrogen (secondary N) is 1. The van der Waals surface area contributed by atoms with E-state index in [1.54, 1.807) is 57.5 Å². The van der Waals surface area contributed by atoms with E-state index in [1.807, 2.05) is 19.9 Å². The Morgan fingerprint density at radius 2 is 1.83 bits per heavy atom. The van der Waals surface area contributed by atoms with Gasteiger partial charge in [0.05, 0.1) is 32.2 Å². The SMILES string of the molecule is CCC(C(=O)NC(C)c1cc(OC)ccc1OC)N(c1cccc(C)c1)S(C)(=O)=O. The van der Waals surface area contributed by atoms with Gasteiger partial charge < -0.3 is 14.8 Å². The molecule has 0 radical (unpaired) electrons. The molecule has 164 valence electrons. The van der Waals surface area contributed by atoms with Crippen LogP contribution in [0.2, 0.25) is 0 Å². The van der Waals surface area contributed by atoms with Crippen molar-refractivity contribution in [2.24, 2.45) is 0 Å². The predicted molar refractivity (Wildman–Crippen MR) is 119 cm³/mol.